The second-order valence-corrected chi connectivity index (χ2v) is 6.11. The van der Waals surface area contributed by atoms with E-state index in [9.17, 15) is 9.59 Å². The van der Waals surface area contributed by atoms with Crippen LogP contribution in [0.2, 0.25) is 0 Å². The molecule has 0 aliphatic rings. The van der Waals surface area contributed by atoms with Gasteiger partial charge in [-0.15, -0.1) is 0 Å². The van der Waals surface area contributed by atoms with Crippen LogP contribution in [0.5, 0.6) is 0 Å². The fraction of sp³-hybridized carbons (Fsp3) is 0.300. The predicted octanol–water partition coefficient (Wildman–Crippen LogP) is 3.05. The van der Waals surface area contributed by atoms with E-state index in [2.05, 4.69) is 10.6 Å². The lowest BCUT2D eigenvalue weighted by atomic mass is 10.1. The molecule has 0 radical (unpaired) electrons. The lowest BCUT2D eigenvalue weighted by Gasteiger charge is -2.20. The molecule has 0 saturated heterocycles. The van der Waals surface area contributed by atoms with Crippen molar-refractivity contribution in [3.63, 3.8) is 0 Å². The third kappa shape index (κ3) is 6.67. The average molecular weight is 340 g/mol. The van der Waals surface area contributed by atoms with E-state index in [0.29, 0.717) is 6.42 Å². The van der Waals surface area contributed by atoms with Crippen LogP contribution in [0.1, 0.15) is 25.0 Å². The van der Waals surface area contributed by atoms with Gasteiger partial charge in [0.15, 0.2) is 0 Å². The molecule has 1 atom stereocenters. The Balaban J connectivity index is 1.96. The number of amides is 2. The first-order chi connectivity index (χ1) is 12.0. The lowest BCUT2D eigenvalue weighted by Crippen LogP contribution is -2.49. The molecule has 132 valence electrons. The van der Waals surface area contributed by atoms with Crippen molar-refractivity contribution in [2.24, 2.45) is 0 Å². The van der Waals surface area contributed by atoms with Gasteiger partial charge in [0.2, 0.25) is 5.91 Å². The Kier molecular flexibility index (Phi) is 7.01. The zero-order valence-corrected chi connectivity index (χ0v) is 14.6. The van der Waals surface area contributed by atoms with Crippen LogP contribution < -0.4 is 10.6 Å². The van der Waals surface area contributed by atoms with E-state index in [1.165, 1.54) is 0 Å². The molecule has 0 heterocycles. The Morgan fingerprint density at radius 3 is 2.00 bits per heavy atom. The van der Waals surface area contributed by atoms with Crippen molar-refractivity contribution in [3.05, 3.63) is 71.8 Å². The second kappa shape index (κ2) is 9.47. The Morgan fingerprint density at radius 2 is 1.44 bits per heavy atom. The average Bonchev–Trinajstić information content (AvgIpc) is 2.60. The zero-order chi connectivity index (χ0) is 18.1. The molecular formula is C20H24N2O3. The van der Waals surface area contributed by atoms with Crippen molar-refractivity contribution in [1.82, 2.24) is 10.6 Å². The highest BCUT2D eigenvalue weighted by molar-refractivity contribution is 5.86. The van der Waals surface area contributed by atoms with Gasteiger partial charge in [-0.1, -0.05) is 60.7 Å². The number of carbonyl (C=O) groups is 2. The van der Waals surface area contributed by atoms with Gasteiger partial charge in [0, 0.05) is 12.5 Å². The number of ether oxygens (including phenoxy) is 1. The minimum absolute atomic E-state index is 0.00656. The van der Waals surface area contributed by atoms with Gasteiger partial charge < -0.3 is 15.4 Å². The summed E-state index contributed by atoms with van der Waals surface area (Å²) in [4.78, 5) is 24.5. The third-order valence-corrected chi connectivity index (χ3v) is 3.53. The van der Waals surface area contributed by atoms with Crippen LogP contribution >= 0.6 is 0 Å². The normalized spacial score (nSPS) is 11.6. The smallest absolute Gasteiger partial charge is 0.408 e. The number of carbonyl (C=O) groups excluding carboxylic acids is 2. The highest BCUT2D eigenvalue weighted by Gasteiger charge is 2.22. The first-order valence-electron chi connectivity index (χ1n) is 8.36. The van der Waals surface area contributed by atoms with Gasteiger partial charge in [0.05, 0.1) is 0 Å². The first kappa shape index (κ1) is 18.5. The summed E-state index contributed by atoms with van der Waals surface area (Å²) in [6, 6.07) is 18.3. The van der Waals surface area contributed by atoms with Gasteiger partial charge in [-0.3, -0.25) is 4.79 Å². The number of nitrogens with one attached hydrogen (secondary N) is 2. The van der Waals surface area contributed by atoms with Crippen LogP contribution in [0.4, 0.5) is 4.79 Å². The molecule has 2 N–H and O–H groups in total. The topological polar surface area (TPSA) is 67.4 Å². The molecule has 0 bridgehead atoms. The summed E-state index contributed by atoms with van der Waals surface area (Å²) >= 11 is 0. The predicted molar refractivity (Wildman–Crippen MR) is 97.0 cm³/mol. The maximum atomic E-state index is 12.4. The third-order valence-electron chi connectivity index (χ3n) is 3.53. The summed E-state index contributed by atoms with van der Waals surface area (Å²) in [5.41, 5.74) is 1.86. The standard InChI is InChI=1S/C20H24N2O3/c1-15(2)21-19(23)18(13-16-9-5-3-6-10-16)22-20(24)25-14-17-11-7-4-8-12-17/h3-12,15,18H,13-14H2,1-2H3,(H,21,23)(H,22,24)/t18-/m0/s1. The van der Waals surface area contributed by atoms with Gasteiger partial charge in [0.1, 0.15) is 12.6 Å². The van der Waals surface area contributed by atoms with E-state index in [4.69, 9.17) is 4.74 Å². The van der Waals surface area contributed by atoms with Gasteiger partial charge in [-0.05, 0) is 25.0 Å². The molecule has 25 heavy (non-hydrogen) atoms. The monoisotopic (exact) mass is 340 g/mol. The molecule has 5 nitrogen and oxygen atoms in total. The van der Waals surface area contributed by atoms with Crippen molar-refractivity contribution in [3.8, 4) is 0 Å². The molecular weight excluding hydrogens is 316 g/mol. The number of hydrogen-bond acceptors (Lipinski definition) is 3. The highest BCUT2D eigenvalue weighted by atomic mass is 16.5. The van der Waals surface area contributed by atoms with E-state index in [1.807, 2.05) is 74.5 Å². The Bertz CT molecular complexity index is 672. The lowest BCUT2D eigenvalue weighted by molar-refractivity contribution is -0.123. The molecule has 0 aliphatic heterocycles. The van der Waals surface area contributed by atoms with Gasteiger partial charge in [-0.25, -0.2) is 4.79 Å². The maximum Gasteiger partial charge on any atom is 0.408 e. The molecule has 2 aromatic rings. The van der Waals surface area contributed by atoms with Crippen LogP contribution in [0.3, 0.4) is 0 Å². The van der Waals surface area contributed by atoms with E-state index < -0.39 is 12.1 Å². The molecule has 2 rings (SSSR count). The summed E-state index contributed by atoms with van der Waals surface area (Å²) < 4.78 is 5.22. The fourth-order valence-electron chi connectivity index (χ4n) is 2.35. The number of alkyl carbamates (subject to hydrolysis) is 1. The fourth-order valence-corrected chi connectivity index (χ4v) is 2.35. The zero-order valence-electron chi connectivity index (χ0n) is 14.6. The largest absolute Gasteiger partial charge is 0.445 e. The Labute approximate surface area is 148 Å². The van der Waals surface area contributed by atoms with Gasteiger partial charge in [0.25, 0.3) is 0 Å². The van der Waals surface area contributed by atoms with Crippen LogP contribution in [0.15, 0.2) is 60.7 Å². The molecule has 0 unspecified atom stereocenters. The quantitative estimate of drug-likeness (QED) is 0.814. The van der Waals surface area contributed by atoms with Crippen molar-refractivity contribution >= 4 is 12.0 Å². The summed E-state index contributed by atoms with van der Waals surface area (Å²) in [7, 11) is 0. The van der Waals surface area contributed by atoms with E-state index in [-0.39, 0.29) is 18.6 Å². The summed E-state index contributed by atoms with van der Waals surface area (Å²) in [5, 5.41) is 5.50. The molecule has 0 fully saturated rings. The summed E-state index contributed by atoms with van der Waals surface area (Å²) in [5.74, 6) is -0.226. The highest BCUT2D eigenvalue weighted by Crippen LogP contribution is 2.05. The van der Waals surface area contributed by atoms with E-state index in [1.54, 1.807) is 0 Å². The Hall–Kier alpha value is -2.82. The van der Waals surface area contributed by atoms with Crippen molar-refractivity contribution in [1.29, 1.82) is 0 Å². The number of rotatable bonds is 7. The first-order valence-corrected chi connectivity index (χ1v) is 8.36. The molecule has 0 spiro atoms. The van der Waals surface area contributed by atoms with Crippen LogP contribution in [-0.2, 0) is 22.6 Å². The van der Waals surface area contributed by atoms with Gasteiger partial charge in [-0.2, -0.15) is 0 Å². The maximum absolute atomic E-state index is 12.4. The van der Waals surface area contributed by atoms with Crippen LogP contribution in [0, 0.1) is 0 Å². The van der Waals surface area contributed by atoms with Crippen LogP contribution in [0.25, 0.3) is 0 Å². The van der Waals surface area contributed by atoms with Gasteiger partial charge >= 0.3 is 6.09 Å². The van der Waals surface area contributed by atoms with Crippen molar-refractivity contribution in [2.45, 2.75) is 39.0 Å². The summed E-state index contributed by atoms with van der Waals surface area (Å²) in [6.07, 6.45) is -0.205. The molecule has 5 heteroatoms. The molecule has 0 aliphatic carbocycles. The number of hydrogen-bond donors (Lipinski definition) is 2. The molecule has 0 saturated carbocycles. The van der Waals surface area contributed by atoms with E-state index >= 15 is 0 Å². The van der Waals surface area contributed by atoms with Crippen molar-refractivity contribution in [2.75, 3.05) is 0 Å². The molecule has 0 aromatic heterocycles. The number of benzene rings is 2. The minimum atomic E-state index is -0.687. The molecule has 2 aromatic carbocycles. The van der Waals surface area contributed by atoms with E-state index in [0.717, 1.165) is 11.1 Å². The summed E-state index contributed by atoms with van der Waals surface area (Å²) in [6.45, 7) is 3.92. The Morgan fingerprint density at radius 1 is 0.880 bits per heavy atom. The van der Waals surface area contributed by atoms with Crippen molar-refractivity contribution < 1.29 is 14.3 Å². The minimum Gasteiger partial charge on any atom is -0.445 e. The SMILES string of the molecule is CC(C)NC(=O)[C@H](Cc1ccccc1)NC(=O)OCc1ccccc1. The van der Waals surface area contributed by atoms with Crippen LogP contribution in [-0.4, -0.2) is 24.1 Å². The second-order valence-electron chi connectivity index (χ2n) is 6.11. The molecule has 2 amide bonds.